The summed E-state index contributed by atoms with van der Waals surface area (Å²) in [7, 11) is 0. The molecule has 0 amide bonds. The molecule has 112 valence electrons. The molecule has 2 heterocycles. The van der Waals surface area contributed by atoms with Crippen LogP contribution >= 0.6 is 0 Å². The molecule has 20 heavy (non-hydrogen) atoms. The van der Waals surface area contributed by atoms with Crippen LogP contribution in [0.4, 0.5) is 11.6 Å². The Labute approximate surface area is 122 Å². The highest BCUT2D eigenvalue weighted by Gasteiger charge is 2.18. The fraction of sp³-hybridized carbons (Fsp3) is 0.733. The van der Waals surface area contributed by atoms with Crippen molar-refractivity contribution in [3.63, 3.8) is 0 Å². The Morgan fingerprint density at radius 2 is 1.95 bits per heavy atom. The van der Waals surface area contributed by atoms with Crippen LogP contribution in [-0.2, 0) is 0 Å². The molecule has 0 aliphatic carbocycles. The quantitative estimate of drug-likeness (QED) is 0.862. The first-order chi connectivity index (χ1) is 9.69. The van der Waals surface area contributed by atoms with Crippen molar-refractivity contribution in [3.8, 4) is 0 Å². The second-order valence-corrected chi connectivity index (χ2v) is 5.87. The van der Waals surface area contributed by atoms with Crippen LogP contribution < -0.4 is 10.2 Å². The van der Waals surface area contributed by atoms with Gasteiger partial charge in [0.15, 0.2) is 0 Å². The van der Waals surface area contributed by atoms with Gasteiger partial charge >= 0.3 is 0 Å². The number of nitrogens with one attached hydrogen (secondary N) is 1. The summed E-state index contributed by atoms with van der Waals surface area (Å²) in [5, 5.41) is 3.32. The van der Waals surface area contributed by atoms with Gasteiger partial charge in [0.05, 0.1) is 0 Å². The SMILES string of the molecule is CCCNc1cc(N2CCN(CC(C)C)CC2)ncn1. The van der Waals surface area contributed by atoms with Gasteiger partial charge in [0.25, 0.3) is 0 Å². The van der Waals surface area contributed by atoms with E-state index in [1.54, 1.807) is 6.33 Å². The predicted molar refractivity (Wildman–Crippen MR) is 84.3 cm³/mol. The Morgan fingerprint density at radius 3 is 2.60 bits per heavy atom. The molecule has 1 aromatic rings. The van der Waals surface area contributed by atoms with E-state index in [1.165, 1.54) is 6.54 Å². The molecule has 1 aliphatic rings. The molecule has 2 rings (SSSR count). The van der Waals surface area contributed by atoms with Crippen LogP contribution in [0.3, 0.4) is 0 Å². The lowest BCUT2D eigenvalue weighted by Gasteiger charge is -2.36. The third-order valence-electron chi connectivity index (χ3n) is 3.53. The zero-order valence-electron chi connectivity index (χ0n) is 13.0. The van der Waals surface area contributed by atoms with Gasteiger partial charge in [-0.3, -0.25) is 4.90 Å². The smallest absolute Gasteiger partial charge is 0.134 e. The molecule has 5 nitrogen and oxygen atoms in total. The monoisotopic (exact) mass is 277 g/mol. The number of hydrogen-bond donors (Lipinski definition) is 1. The minimum atomic E-state index is 0.741. The van der Waals surface area contributed by atoms with Gasteiger partial charge in [0.2, 0.25) is 0 Å². The lowest BCUT2D eigenvalue weighted by molar-refractivity contribution is 0.231. The van der Waals surface area contributed by atoms with Crippen molar-refractivity contribution in [3.05, 3.63) is 12.4 Å². The number of piperazine rings is 1. The molecule has 0 saturated carbocycles. The summed E-state index contributed by atoms with van der Waals surface area (Å²) in [6.45, 7) is 13.2. The number of anilines is 2. The molecule has 1 aromatic heterocycles. The zero-order valence-corrected chi connectivity index (χ0v) is 13.0. The van der Waals surface area contributed by atoms with Gasteiger partial charge < -0.3 is 10.2 Å². The van der Waals surface area contributed by atoms with Gasteiger partial charge in [-0.1, -0.05) is 20.8 Å². The minimum Gasteiger partial charge on any atom is -0.370 e. The van der Waals surface area contributed by atoms with E-state index >= 15 is 0 Å². The molecule has 1 fully saturated rings. The van der Waals surface area contributed by atoms with E-state index in [0.717, 1.165) is 56.7 Å². The average molecular weight is 277 g/mol. The van der Waals surface area contributed by atoms with Crippen molar-refractivity contribution in [2.45, 2.75) is 27.2 Å². The topological polar surface area (TPSA) is 44.3 Å². The number of aromatic nitrogens is 2. The first-order valence-electron chi connectivity index (χ1n) is 7.72. The number of hydrogen-bond acceptors (Lipinski definition) is 5. The summed E-state index contributed by atoms with van der Waals surface area (Å²) < 4.78 is 0. The molecule has 0 unspecified atom stereocenters. The standard InChI is InChI=1S/C15H27N5/c1-4-5-16-14-10-15(18-12-17-14)20-8-6-19(7-9-20)11-13(2)3/h10,12-13H,4-9,11H2,1-3H3,(H,16,17,18). The Kier molecular flexibility index (Phi) is 5.59. The van der Waals surface area contributed by atoms with E-state index < -0.39 is 0 Å². The van der Waals surface area contributed by atoms with Crippen LogP contribution in [0.15, 0.2) is 12.4 Å². The van der Waals surface area contributed by atoms with Gasteiger partial charge in [0.1, 0.15) is 18.0 Å². The highest BCUT2D eigenvalue weighted by Crippen LogP contribution is 2.16. The third kappa shape index (κ3) is 4.34. The predicted octanol–water partition coefficient (Wildman–Crippen LogP) is 2.08. The maximum atomic E-state index is 4.41. The lowest BCUT2D eigenvalue weighted by atomic mass is 10.2. The molecule has 0 spiro atoms. The van der Waals surface area contributed by atoms with Crippen LogP contribution in [0.2, 0.25) is 0 Å². The van der Waals surface area contributed by atoms with Crippen molar-refractivity contribution in [1.29, 1.82) is 0 Å². The molecule has 1 aliphatic heterocycles. The van der Waals surface area contributed by atoms with Crippen LogP contribution in [0, 0.1) is 5.92 Å². The largest absolute Gasteiger partial charge is 0.370 e. The summed E-state index contributed by atoms with van der Waals surface area (Å²) in [6, 6.07) is 2.06. The summed E-state index contributed by atoms with van der Waals surface area (Å²) in [5.41, 5.74) is 0. The molecule has 5 heteroatoms. The Balaban J connectivity index is 1.89. The van der Waals surface area contributed by atoms with E-state index in [9.17, 15) is 0 Å². The molecular weight excluding hydrogens is 250 g/mol. The van der Waals surface area contributed by atoms with E-state index in [2.05, 4.69) is 51.9 Å². The van der Waals surface area contributed by atoms with Gasteiger partial charge in [0, 0.05) is 45.3 Å². The van der Waals surface area contributed by atoms with Crippen molar-refractivity contribution >= 4 is 11.6 Å². The van der Waals surface area contributed by atoms with E-state index in [1.807, 2.05) is 0 Å². The van der Waals surface area contributed by atoms with Crippen molar-refractivity contribution in [2.75, 3.05) is 49.5 Å². The van der Waals surface area contributed by atoms with Gasteiger partial charge in [-0.2, -0.15) is 0 Å². The summed E-state index contributed by atoms with van der Waals surface area (Å²) in [6.07, 6.45) is 2.76. The average Bonchev–Trinajstić information content (AvgIpc) is 2.45. The molecule has 0 bridgehead atoms. The second kappa shape index (κ2) is 7.43. The van der Waals surface area contributed by atoms with Crippen molar-refractivity contribution in [2.24, 2.45) is 5.92 Å². The molecule has 0 radical (unpaired) electrons. The normalized spacial score (nSPS) is 16.7. The molecule has 0 aromatic carbocycles. The van der Waals surface area contributed by atoms with E-state index in [4.69, 9.17) is 0 Å². The maximum absolute atomic E-state index is 4.41. The summed E-state index contributed by atoms with van der Waals surface area (Å²) in [5.74, 6) is 2.72. The molecule has 1 N–H and O–H groups in total. The Morgan fingerprint density at radius 1 is 1.20 bits per heavy atom. The van der Waals surface area contributed by atoms with E-state index in [-0.39, 0.29) is 0 Å². The van der Waals surface area contributed by atoms with Gasteiger partial charge in [-0.15, -0.1) is 0 Å². The maximum Gasteiger partial charge on any atom is 0.134 e. The van der Waals surface area contributed by atoms with Crippen LogP contribution in [0.1, 0.15) is 27.2 Å². The van der Waals surface area contributed by atoms with Crippen LogP contribution in [0.5, 0.6) is 0 Å². The fourth-order valence-electron chi connectivity index (χ4n) is 2.55. The van der Waals surface area contributed by atoms with Crippen LogP contribution in [0.25, 0.3) is 0 Å². The zero-order chi connectivity index (χ0) is 14.4. The first-order valence-corrected chi connectivity index (χ1v) is 7.72. The highest BCUT2D eigenvalue weighted by atomic mass is 15.3. The fourth-order valence-corrected chi connectivity index (χ4v) is 2.55. The first kappa shape index (κ1) is 15.0. The number of rotatable bonds is 6. The summed E-state index contributed by atoms with van der Waals surface area (Å²) in [4.78, 5) is 13.6. The third-order valence-corrected chi connectivity index (χ3v) is 3.53. The Bertz CT molecular complexity index is 399. The van der Waals surface area contributed by atoms with Crippen molar-refractivity contribution < 1.29 is 0 Å². The van der Waals surface area contributed by atoms with Crippen LogP contribution in [-0.4, -0.2) is 54.1 Å². The highest BCUT2D eigenvalue weighted by molar-refractivity contribution is 5.48. The van der Waals surface area contributed by atoms with Gasteiger partial charge in [-0.25, -0.2) is 9.97 Å². The summed E-state index contributed by atoms with van der Waals surface area (Å²) >= 11 is 0. The lowest BCUT2D eigenvalue weighted by Crippen LogP contribution is -2.47. The van der Waals surface area contributed by atoms with Crippen molar-refractivity contribution in [1.82, 2.24) is 14.9 Å². The molecule has 1 saturated heterocycles. The van der Waals surface area contributed by atoms with Gasteiger partial charge in [-0.05, 0) is 12.3 Å². The number of nitrogens with zero attached hydrogens (tertiary/aromatic N) is 4. The molecule has 0 atom stereocenters. The second-order valence-electron chi connectivity index (χ2n) is 5.87. The van der Waals surface area contributed by atoms with E-state index in [0.29, 0.717) is 0 Å². The Hall–Kier alpha value is -1.36. The minimum absolute atomic E-state index is 0.741. The molecular formula is C15H27N5.